The van der Waals surface area contributed by atoms with Crippen LogP contribution in [-0.4, -0.2) is 19.4 Å². The van der Waals surface area contributed by atoms with E-state index in [9.17, 15) is 0 Å². The Morgan fingerprint density at radius 3 is 3.15 bits per heavy atom. The molecule has 0 amide bonds. The largest absolute Gasteiger partial charge is 0.485 e. The lowest BCUT2D eigenvalue weighted by Gasteiger charge is -1.98. The number of halogens is 1. The average Bonchev–Trinajstić information content (AvgIpc) is 2.51. The molecule has 1 aliphatic rings. The molecule has 13 heavy (non-hydrogen) atoms. The number of nitrogens with zero attached hydrogens (tertiary/aromatic N) is 1. The third kappa shape index (κ3) is 1.42. The third-order valence-corrected chi connectivity index (χ3v) is 2.46. The normalized spacial score (nSPS) is 16.9. The summed E-state index contributed by atoms with van der Waals surface area (Å²) in [7, 11) is 1.53. The van der Waals surface area contributed by atoms with E-state index in [-0.39, 0.29) is 0 Å². The Bertz CT molecular complexity index is 363. The number of ether oxygens (including phenoxy) is 1. The number of oxime groups is 1. The van der Waals surface area contributed by atoms with Crippen molar-refractivity contribution in [3.63, 3.8) is 0 Å². The molecule has 4 heteroatoms. The van der Waals surface area contributed by atoms with Gasteiger partial charge in [0.25, 0.3) is 0 Å². The summed E-state index contributed by atoms with van der Waals surface area (Å²) in [5.74, 6) is 0.846. The molecule has 2 rings (SSSR count). The Hall–Kier alpha value is -1.03. The molecular formula is C9H8BrNO2. The molecule has 0 saturated heterocycles. The van der Waals surface area contributed by atoms with Gasteiger partial charge >= 0.3 is 0 Å². The van der Waals surface area contributed by atoms with E-state index < -0.39 is 0 Å². The Kier molecular flexibility index (Phi) is 2.22. The van der Waals surface area contributed by atoms with Crippen LogP contribution >= 0.6 is 15.9 Å². The smallest absolute Gasteiger partial charge is 0.143 e. The second-order valence-electron chi connectivity index (χ2n) is 2.63. The molecule has 1 heterocycles. The van der Waals surface area contributed by atoms with Gasteiger partial charge in [-0.05, 0) is 28.1 Å². The standard InChI is InChI=1S/C9H8BrNO2/c1-12-11-8-5-13-9-6(8)3-2-4-7(9)10/h2-4H,5H2,1H3/b11-8+. The van der Waals surface area contributed by atoms with E-state index in [0.717, 1.165) is 21.5 Å². The maximum Gasteiger partial charge on any atom is 0.143 e. The van der Waals surface area contributed by atoms with Gasteiger partial charge in [0, 0.05) is 5.56 Å². The SMILES string of the molecule is CO/N=C1\COc2c(Br)cccc21. The van der Waals surface area contributed by atoms with Crippen molar-refractivity contribution < 1.29 is 9.57 Å². The van der Waals surface area contributed by atoms with Gasteiger partial charge in [0.15, 0.2) is 0 Å². The van der Waals surface area contributed by atoms with Crippen molar-refractivity contribution in [2.24, 2.45) is 5.16 Å². The molecule has 0 saturated carbocycles. The summed E-state index contributed by atoms with van der Waals surface area (Å²) in [6, 6.07) is 5.85. The van der Waals surface area contributed by atoms with Gasteiger partial charge in [-0.25, -0.2) is 0 Å². The Labute approximate surface area is 84.5 Å². The van der Waals surface area contributed by atoms with E-state index in [1.165, 1.54) is 7.11 Å². The van der Waals surface area contributed by atoms with Crippen LogP contribution in [0.25, 0.3) is 0 Å². The summed E-state index contributed by atoms with van der Waals surface area (Å²) in [6.07, 6.45) is 0. The highest BCUT2D eigenvalue weighted by atomic mass is 79.9. The number of hydrogen-bond acceptors (Lipinski definition) is 3. The molecule has 0 fully saturated rings. The molecule has 1 aliphatic heterocycles. The summed E-state index contributed by atoms with van der Waals surface area (Å²) >= 11 is 3.41. The first-order valence-corrected chi connectivity index (χ1v) is 4.64. The lowest BCUT2D eigenvalue weighted by atomic mass is 10.1. The lowest BCUT2D eigenvalue weighted by Crippen LogP contribution is -2.02. The van der Waals surface area contributed by atoms with Crippen molar-refractivity contribution in [3.05, 3.63) is 28.2 Å². The number of fused-ring (bicyclic) bond motifs is 1. The second kappa shape index (κ2) is 3.38. The zero-order valence-corrected chi connectivity index (χ0v) is 8.67. The predicted octanol–water partition coefficient (Wildman–Crippen LogP) is 2.19. The summed E-state index contributed by atoms with van der Waals surface area (Å²) < 4.78 is 6.39. The first kappa shape index (κ1) is 8.56. The summed E-state index contributed by atoms with van der Waals surface area (Å²) in [4.78, 5) is 4.72. The minimum Gasteiger partial charge on any atom is -0.485 e. The van der Waals surface area contributed by atoms with E-state index in [1.54, 1.807) is 0 Å². The van der Waals surface area contributed by atoms with Gasteiger partial charge in [-0.15, -0.1) is 0 Å². The van der Waals surface area contributed by atoms with Crippen molar-refractivity contribution in [1.82, 2.24) is 0 Å². The molecule has 0 aromatic heterocycles. The first-order chi connectivity index (χ1) is 6.33. The summed E-state index contributed by atoms with van der Waals surface area (Å²) in [6.45, 7) is 0.478. The Morgan fingerprint density at radius 1 is 1.54 bits per heavy atom. The van der Waals surface area contributed by atoms with Crippen LogP contribution in [0, 0.1) is 0 Å². The highest BCUT2D eigenvalue weighted by Crippen LogP contribution is 2.33. The molecule has 0 aliphatic carbocycles. The summed E-state index contributed by atoms with van der Waals surface area (Å²) in [5.41, 5.74) is 1.83. The van der Waals surface area contributed by atoms with Gasteiger partial charge in [0.2, 0.25) is 0 Å². The number of rotatable bonds is 1. The average molecular weight is 242 g/mol. The monoisotopic (exact) mass is 241 g/mol. The Morgan fingerprint density at radius 2 is 2.38 bits per heavy atom. The van der Waals surface area contributed by atoms with Gasteiger partial charge in [0.1, 0.15) is 25.2 Å². The highest BCUT2D eigenvalue weighted by Gasteiger charge is 2.21. The zero-order valence-electron chi connectivity index (χ0n) is 7.08. The van der Waals surface area contributed by atoms with Gasteiger partial charge in [0.05, 0.1) is 4.47 Å². The molecule has 3 nitrogen and oxygen atoms in total. The first-order valence-electron chi connectivity index (χ1n) is 3.84. The van der Waals surface area contributed by atoms with Crippen LogP contribution in [0.2, 0.25) is 0 Å². The molecule has 0 bridgehead atoms. The third-order valence-electron chi connectivity index (χ3n) is 1.83. The fourth-order valence-electron chi connectivity index (χ4n) is 1.29. The minimum absolute atomic E-state index is 0.478. The molecule has 0 radical (unpaired) electrons. The van der Waals surface area contributed by atoms with Gasteiger partial charge in [-0.3, -0.25) is 0 Å². The maximum absolute atomic E-state index is 5.44. The number of hydrogen-bond donors (Lipinski definition) is 0. The van der Waals surface area contributed by atoms with E-state index in [2.05, 4.69) is 21.1 Å². The highest BCUT2D eigenvalue weighted by molar-refractivity contribution is 9.10. The van der Waals surface area contributed by atoms with Crippen molar-refractivity contribution in [2.45, 2.75) is 0 Å². The van der Waals surface area contributed by atoms with Crippen LogP contribution in [0.5, 0.6) is 5.75 Å². The van der Waals surface area contributed by atoms with Crippen LogP contribution in [0.3, 0.4) is 0 Å². The zero-order chi connectivity index (χ0) is 9.26. The van der Waals surface area contributed by atoms with Crippen LogP contribution in [0.15, 0.2) is 27.8 Å². The summed E-state index contributed by atoms with van der Waals surface area (Å²) in [5, 5.41) is 3.88. The number of para-hydroxylation sites is 1. The van der Waals surface area contributed by atoms with E-state index in [0.29, 0.717) is 6.61 Å². The van der Waals surface area contributed by atoms with Crippen LogP contribution in [0.1, 0.15) is 5.56 Å². The molecule has 1 aromatic carbocycles. The quantitative estimate of drug-likeness (QED) is 0.706. The van der Waals surface area contributed by atoms with Gasteiger partial charge < -0.3 is 9.57 Å². The molecule has 0 spiro atoms. The lowest BCUT2D eigenvalue weighted by molar-refractivity contribution is 0.211. The molecule has 0 atom stereocenters. The molecule has 0 N–H and O–H groups in total. The molecule has 1 aromatic rings. The van der Waals surface area contributed by atoms with Crippen LogP contribution in [-0.2, 0) is 4.84 Å². The minimum atomic E-state index is 0.478. The van der Waals surface area contributed by atoms with E-state index in [1.807, 2.05) is 18.2 Å². The van der Waals surface area contributed by atoms with E-state index >= 15 is 0 Å². The molecule has 68 valence electrons. The number of benzene rings is 1. The van der Waals surface area contributed by atoms with Crippen LogP contribution in [0.4, 0.5) is 0 Å². The van der Waals surface area contributed by atoms with Crippen molar-refractivity contribution >= 4 is 21.6 Å². The predicted molar refractivity (Wildman–Crippen MR) is 53.2 cm³/mol. The van der Waals surface area contributed by atoms with Crippen molar-refractivity contribution in [3.8, 4) is 5.75 Å². The molecular weight excluding hydrogens is 234 g/mol. The van der Waals surface area contributed by atoms with E-state index in [4.69, 9.17) is 9.57 Å². The van der Waals surface area contributed by atoms with Crippen LogP contribution < -0.4 is 4.74 Å². The Balaban J connectivity index is 2.49. The van der Waals surface area contributed by atoms with Gasteiger partial charge in [-0.2, -0.15) is 0 Å². The van der Waals surface area contributed by atoms with Crippen molar-refractivity contribution in [2.75, 3.05) is 13.7 Å². The fourth-order valence-corrected chi connectivity index (χ4v) is 1.77. The van der Waals surface area contributed by atoms with Gasteiger partial charge in [-0.1, -0.05) is 11.2 Å². The molecule has 0 unspecified atom stereocenters. The maximum atomic E-state index is 5.44. The van der Waals surface area contributed by atoms with Crippen molar-refractivity contribution in [1.29, 1.82) is 0 Å². The second-order valence-corrected chi connectivity index (χ2v) is 3.48. The fraction of sp³-hybridized carbons (Fsp3) is 0.222. The topological polar surface area (TPSA) is 30.8 Å².